The fraction of sp³-hybridized carbons (Fsp3) is 0.667. The van der Waals surface area contributed by atoms with Gasteiger partial charge in [0, 0.05) is 51.4 Å². The third kappa shape index (κ3) is 3.47. The Labute approximate surface area is 130 Å². The third-order valence-corrected chi connectivity index (χ3v) is 4.15. The molecule has 1 fully saturated rings. The molecule has 1 saturated heterocycles. The van der Waals surface area contributed by atoms with Gasteiger partial charge in [0.2, 0.25) is 11.8 Å². The van der Waals surface area contributed by atoms with Crippen molar-refractivity contribution in [3.8, 4) is 5.88 Å². The van der Waals surface area contributed by atoms with Gasteiger partial charge in [0.05, 0.1) is 12.8 Å². The van der Waals surface area contributed by atoms with Crippen LogP contribution < -0.4 is 9.64 Å². The maximum absolute atomic E-state index is 5.49. The van der Waals surface area contributed by atoms with Crippen LogP contribution in [0, 0.1) is 0 Å². The molecule has 0 amide bonds. The highest BCUT2D eigenvalue weighted by Crippen LogP contribution is 2.17. The summed E-state index contributed by atoms with van der Waals surface area (Å²) in [6.07, 6.45) is 3.91. The lowest BCUT2D eigenvalue weighted by atomic mass is 10.1. The molecule has 7 heteroatoms. The van der Waals surface area contributed by atoms with Crippen LogP contribution in [0.15, 0.2) is 17.4 Å². The van der Waals surface area contributed by atoms with Gasteiger partial charge in [-0.1, -0.05) is 12.1 Å². The number of piperazine rings is 1. The number of methoxy groups -OCH3 is 1. The van der Waals surface area contributed by atoms with E-state index in [-0.39, 0.29) is 6.10 Å². The van der Waals surface area contributed by atoms with Crippen LogP contribution in [0.25, 0.3) is 0 Å². The van der Waals surface area contributed by atoms with E-state index in [0.29, 0.717) is 5.88 Å². The molecule has 0 aliphatic carbocycles. The van der Waals surface area contributed by atoms with E-state index >= 15 is 0 Å². The summed E-state index contributed by atoms with van der Waals surface area (Å²) in [6, 6.07) is 1.77. The molecule has 3 heterocycles. The van der Waals surface area contributed by atoms with Crippen LogP contribution in [-0.2, 0) is 4.84 Å². The summed E-state index contributed by atoms with van der Waals surface area (Å²) in [5, 5.41) is 4.13. The number of rotatable bonds is 5. The zero-order valence-electron chi connectivity index (χ0n) is 13.2. The molecular weight excluding hydrogens is 282 g/mol. The zero-order chi connectivity index (χ0) is 15.4. The molecule has 3 rings (SSSR count). The molecule has 7 nitrogen and oxygen atoms in total. The Bertz CT molecular complexity index is 528. The highest BCUT2D eigenvalue weighted by atomic mass is 16.6. The standard InChI is InChI=1S/C15H23N5O2/c1-3-12-10-13(22-18-12)11-19-6-8-20(9-7-19)15-16-5-4-14(17-15)21-2/h4-5,13H,3,6-11H2,1-2H3/t13-/m0/s1. The Hall–Kier alpha value is -1.89. The first-order chi connectivity index (χ1) is 10.8. The fourth-order valence-electron chi connectivity index (χ4n) is 2.81. The second-order valence-electron chi connectivity index (χ2n) is 5.63. The summed E-state index contributed by atoms with van der Waals surface area (Å²) < 4.78 is 5.16. The SMILES string of the molecule is CCC1=NO[C@H](CN2CCN(c3nccc(OC)n3)CC2)C1. The summed E-state index contributed by atoms with van der Waals surface area (Å²) in [7, 11) is 1.62. The lowest BCUT2D eigenvalue weighted by Crippen LogP contribution is -2.49. The maximum atomic E-state index is 5.49. The van der Waals surface area contributed by atoms with Gasteiger partial charge < -0.3 is 14.5 Å². The second kappa shape index (κ2) is 6.91. The molecule has 22 heavy (non-hydrogen) atoms. The van der Waals surface area contributed by atoms with E-state index in [0.717, 1.165) is 51.5 Å². The van der Waals surface area contributed by atoms with Gasteiger partial charge in [0.1, 0.15) is 6.10 Å². The van der Waals surface area contributed by atoms with Crippen molar-refractivity contribution in [1.29, 1.82) is 0 Å². The molecule has 2 aliphatic heterocycles. The highest BCUT2D eigenvalue weighted by Gasteiger charge is 2.25. The largest absolute Gasteiger partial charge is 0.481 e. The predicted octanol–water partition coefficient (Wildman–Crippen LogP) is 1.16. The molecule has 0 spiro atoms. The average molecular weight is 305 g/mol. The Morgan fingerprint density at radius 3 is 2.82 bits per heavy atom. The molecule has 0 radical (unpaired) electrons. The molecule has 1 atom stereocenters. The topological polar surface area (TPSA) is 63.1 Å². The van der Waals surface area contributed by atoms with Crippen molar-refractivity contribution in [2.75, 3.05) is 44.7 Å². The summed E-state index contributed by atoms with van der Waals surface area (Å²) in [4.78, 5) is 18.8. The zero-order valence-corrected chi connectivity index (χ0v) is 13.2. The Morgan fingerprint density at radius 1 is 1.32 bits per heavy atom. The molecule has 0 unspecified atom stereocenters. The molecule has 0 aromatic carbocycles. The molecule has 0 N–H and O–H groups in total. The van der Waals surface area contributed by atoms with E-state index in [2.05, 4.69) is 31.8 Å². The third-order valence-electron chi connectivity index (χ3n) is 4.15. The summed E-state index contributed by atoms with van der Waals surface area (Å²) in [5.74, 6) is 1.35. The van der Waals surface area contributed by atoms with Gasteiger partial charge in [0.15, 0.2) is 0 Å². The number of ether oxygens (including phenoxy) is 1. The van der Waals surface area contributed by atoms with E-state index in [1.54, 1.807) is 19.4 Å². The van der Waals surface area contributed by atoms with Crippen LogP contribution in [0.4, 0.5) is 5.95 Å². The number of hydrogen-bond donors (Lipinski definition) is 0. The van der Waals surface area contributed by atoms with Crippen LogP contribution in [0.5, 0.6) is 5.88 Å². The first-order valence-electron chi connectivity index (χ1n) is 7.84. The number of anilines is 1. The molecule has 0 bridgehead atoms. The van der Waals surface area contributed by atoms with Crippen LogP contribution in [0.1, 0.15) is 19.8 Å². The van der Waals surface area contributed by atoms with Gasteiger partial charge in [-0.05, 0) is 6.42 Å². The molecule has 0 saturated carbocycles. The van der Waals surface area contributed by atoms with Crippen molar-refractivity contribution in [1.82, 2.24) is 14.9 Å². The van der Waals surface area contributed by atoms with Gasteiger partial charge in [-0.2, -0.15) is 4.98 Å². The average Bonchev–Trinajstić information content (AvgIpc) is 3.03. The predicted molar refractivity (Wildman–Crippen MR) is 84.5 cm³/mol. The van der Waals surface area contributed by atoms with Crippen LogP contribution in [-0.4, -0.2) is 66.5 Å². The first kappa shape index (κ1) is 15.0. The Morgan fingerprint density at radius 2 is 2.14 bits per heavy atom. The lowest BCUT2D eigenvalue weighted by Gasteiger charge is -2.35. The number of oxime groups is 1. The van der Waals surface area contributed by atoms with Crippen molar-refractivity contribution in [2.24, 2.45) is 5.16 Å². The number of nitrogens with zero attached hydrogens (tertiary/aromatic N) is 5. The maximum Gasteiger partial charge on any atom is 0.228 e. The van der Waals surface area contributed by atoms with E-state index in [1.165, 1.54) is 5.71 Å². The van der Waals surface area contributed by atoms with Crippen molar-refractivity contribution >= 4 is 11.7 Å². The summed E-state index contributed by atoms with van der Waals surface area (Å²) >= 11 is 0. The van der Waals surface area contributed by atoms with Crippen molar-refractivity contribution in [3.05, 3.63) is 12.3 Å². The van der Waals surface area contributed by atoms with E-state index in [1.807, 2.05) is 0 Å². The van der Waals surface area contributed by atoms with Gasteiger partial charge in [0.25, 0.3) is 0 Å². The minimum Gasteiger partial charge on any atom is -0.481 e. The first-order valence-corrected chi connectivity index (χ1v) is 7.84. The molecule has 120 valence electrons. The van der Waals surface area contributed by atoms with Crippen molar-refractivity contribution in [3.63, 3.8) is 0 Å². The van der Waals surface area contributed by atoms with Crippen LogP contribution in [0.2, 0.25) is 0 Å². The summed E-state index contributed by atoms with van der Waals surface area (Å²) in [6.45, 7) is 6.88. The van der Waals surface area contributed by atoms with Gasteiger partial charge >= 0.3 is 0 Å². The second-order valence-corrected chi connectivity index (χ2v) is 5.63. The van der Waals surface area contributed by atoms with Gasteiger partial charge in [-0.3, -0.25) is 4.90 Å². The van der Waals surface area contributed by atoms with E-state index < -0.39 is 0 Å². The minimum absolute atomic E-state index is 0.217. The van der Waals surface area contributed by atoms with E-state index in [9.17, 15) is 0 Å². The number of hydrogen-bond acceptors (Lipinski definition) is 7. The molecule has 1 aromatic heterocycles. The molecule has 1 aromatic rings. The van der Waals surface area contributed by atoms with Crippen LogP contribution in [0.3, 0.4) is 0 Å². The van der Waals surface area contributed by atoms with Crippen molar-refractivity contribution in [2.45, 2.75) is 25.9 Å². The molecular formula is C15H23N5O2. The van der Waals surface area contributed by atoms with Crippen LogP contribution >= 0.6 is 0 Å². The van der Waals surface area contributed by atoms with Crippen molar-refractivity contribution < 1.29 is 9.57 Å². The monoisotopic (exact) mass is 305 g/mol. The number of aromatic nitrogens is 2. The van der Waals surface area contributed by atoms with Gasteiger partial charge in [-0.25, -0.2) is 4.98 Å². The van der Waals surface area contributed by atoms with Gasteiger partial charge in [-0.15, -0.1) is 0 Å². The summed E-state index contributed by atoms with van der Waals surface area (Å²) in [5.41, 5.74) is 1.17. The lowest BCUT2D eigenvalue weighted by molar-refractivity contribution is 0.0509. The quantitative estimate of drug-likeness (QED) is 0.813. The Kier molecular flexibility index (Phi) is 4.72. The van der Waals surface area contributed by atoms with E-state index in [4.69, 9.17) is 9.57 Å². The normalized spacial score (nSPS) is 22.4. The smallest absolute Gasteiger partial charge is 0.228 e. The molecule has 2 aliphatic rings. The Balaban J connectivity index is 1.48. The fourth-order valence-corrected chi connectivity index (χ4v) is 2.81. The minimum atomic E-state index is 0.217. The highest BCUT2D eigenvalue weighted by molar-refractivity contribution is 5.85.